The van der Waals surface area contributed by atoms with Gasteiger partial charge in [-0.3, -0.25) is 52.8 Å². The molecule has 11 atom stereocenters. The summed E-state index contributed by atoms with van der Waals surface area (Å²) in [4.78, 5) is 152. The monoisotopic (exact) mass is 1830 g/mol. The van der Waals surface area contributed by atoms with Crippen molar-refractivity contribution < 1.29 is 66.5 Å². The van der Waals surface area contributed by atoms with Crippen LogP contribution in [-0.2, 0) is 121 Å². The number of aromatic nitrogens is 4. The van der Waals surface area contributed by atoms with Crippen molar-refractivity contribution in [2.24, 2.45) is 23.7 Å². The third kappa shape index (κ3) is 21.6. The van der Waals surface area contributed by atoms with Gasteiger partial charge in [-0.1, -0.05) is 165 Å². The molecule has 0 bridgehead atoms. The van der Waals surface area contributed by atoms with Gasteiger partial charge in [-0.25, -0.2) is 18.4 Å². The first-order valence-electron chi connectivity index (χ1n) is 46.9. The van der Waals surface area contributed by atoms with Crippen molar-refractivity contribution in [1.82, 2.24) is 59.0 Å². The molecule has 132 heavy (non-hydrogen) atoms. The quantitative estimate of drug-likeness (QED) is 0.0250. The summed E-state index contributed by atoms with van der Waals surface area (Å²) in [7, 11) is 5.17. The van der Waals surface area contributed by atoms with Crippen molar-refractivity contribution in [3.63, 3.8) is 0 Å². The smallest absolute Gasteiger partial charge is 0.254 e. The highest BCUT2D eigenvalue weighted by atomic mass is 32.2. The number of carbonyl (C=O) groups excluding carboxylic acids is 8. The number of aliphatic hydroxyl groups is 2. The number of likely N-dealkylation sites (N-methyl/N-ethyl adjacent to an activating group) is 2. The molecule has 0 radical (unpaired) electrons. The molecule has 1 fully saturated rings. The van der Waals surface area contributed by atoms with Gasteiger partial charge in [0.15, 0.2) is 11.6 Å². The SMILES string of the molecule is CC[C@@]1(O)C(=O)CCc2c1cc1n(c2=O)Cc2c-1nc1ccccc1c2CCN(C(C)=O)C(C)C.CC[C@@]1(O)C(=O)CCc2c1cc1n(c2=O)Cc2c-1nc1ccccc1c2CCN(C(C)C)S(C)(=O)=O.CC[C@H](C)[C@@H]([C@@H](CC(=O)N1CCC[C@H]1[C@H](OC)[C@@H](C)C(=O)N[C@@H](Cc1ccccc1)C(=O)NCc1ccc(C)cc1)OC)N(C)C(=O)[C@@H](NC(=O)[C@H](C(C)C)N(C)C)C(C)C. The van der Waals surface area contributed by atoms with E-state index in [-0.39, 0.29) is 120 Å². The first kappa shape index (κ1) is 102. The lowest BCUT2D eigenvalue weighted by Crippen LogP contribution is -2.59. The molecule has 4 aromatic carbocycles. The molecule has 712 valence electrons. The number of rotatable bonds is 34. The number of likely N-dealkylation sites (tertiary alicyclic amines) is 1. The number of aryl methyl sites for hydroxylation is 1. The van der Waals surface area contributed by atoms with E-state index in [0.29, 0.717) is 123 Å². The Morgan fingerprint density at radius 2 is 1.13 bits per heavy atom. The molecule has 4 aromatic heterocycles. The second-order valence-corrected chi connectivity index (χ2v) is 39.9. The Morgan fingerprint density at radius 3 is 1.58 bits per heavy atom. The Hall–Kier alpha value is -10.5. The van der Waals surface area contributed by atoms with Crippen LogP contribution in [0.5, 0.6) is 0 Å². The minimum Gasteiger partial charge on any atom is -0.379 e. The van der Waals surface area contributed by atoms with E-state index >= 15 is 0 Å². The molecule has 8 aromatic rings. The highest BCUT2D eigenvalue weighted by Gasteiger charge is 2.48. The maximum absolute atomic E-state index is 14.4. The zero-order chi connectivity index (χ0) is 96.6. The molecule has 0 spiro atoms. The number of fused-ring (bicyclic) bond motifs is 10. The van der Waals surface area contributed by atoms with E-state index in [2.05, 4.69) is 16.0 Å². The topological polar surface area (TPSA) is 352 Å². The maximum Gasteiger partial charge on any atom is 0.254 e. The predicted octanol–water partition coefficient (Wildman–Crippen LogP) is 11.1. The van der Waals surface area contributed by atoms with Crippen LogP contribution in [0.3, 0.4) is 0 Å². The minimum absolute atomic E-state index is 0.00565. The second kappa shape index (κ2) is 43.2. The van der Waals surface area contributed by atoms with E-state index < -0.39 is 69.6 Å². The number of amides is 6. The van der Waals surface area contributed by atoms with Crippen LogP contribution in [0, 0.1) is 30.6 Å². The lowest BCUT2D eigenvalue weighted by Gasteiger charge is -2.41. The molecule has 13 rings (SSSR count). The number of carbonyl (C=O) groups is 8. The fourth-order valence-corrected chi connectivity index (χ4v) is 21.6. The molecular weight excluding hydrogens is 1690 g/mol. The standard InChI is InChI=1S/C48H76N6O7.C28H31N3O4.C27H31N3O5S/c1-14-33(7)43(53(11)48(59)41(30(2)3)51-47(58)42(31(4)5)52(9)10)39(60-12)28-40(55)54-26-18-21-38(54)44(61-13)34(8)45(56)50-37(27-35-19-16-15-17-20-35)46(57)49-29-36-24-22-32(6)23-25-36;1-5-28(35)22-14-24-26-21(15-31(24)27(34)20(22)10-11-25(28)33)18(12-13-30(16(2)3)17(4)32)19-8-6-7-9-23(19)29-26;1-5-27(33)21-14-23-25-20(15-29(23)26(32)19(21)10-11-24(27)31)17(18-8-6-7-9-22(18)28-25)12-13-30(16(2)3)36(4,34)35/h15-17,19-20,22-25,30-31,33-34,37-39,41-44H,14,18,21,26-29H2,1-13H3,(H,49,57)(H,50,56)(H,51,58);6-9,14,16,35H,5,10-13,15H2,1-4H3;6-9,14,16,33H,5,10-13,15H2,1-4H3/t33-,34+,37-,38-,39+,41-,42-,43-,44+;28-;27-/m000/s1. The fourth-order valence-electron chi connectivity index (χ4n) is 20.4. The first-order valence-corrected chi connectivity index (χ1v) is 48.7. The summed E-state index contributed by atoms with van der Waals surface area (Å²) in [5.41, 5.74) is 9.25. The van der Waals surface area contributed by atoms with Crippen LogP contribution in [-0.4, -0.2) is 224 Å². The summed E-state index contributed by atoms with van der Waals surface area (Å²) < 4.78 is 41.8. The number of ketones is 2. The van der Waals surface area contributed by atoms with E-state index in [1.165, 1.54) is 10.6 Å². The fraction of sp³-hybridized carbons (Fsp3) is 0.534. The third-order valence-electron chi connectivity index (χ3n) is 27.8. The Balaban J connectivity index is 0.000000202. The second-order valence-electron chi connectivity index (χ2n) is 38.0. The van der Waals surface area contributed by atoms with E-state index in [9.17, 15) is 66.6 Å². The Labute approximate surface area is 777 Å². The summed E-state index contributed by atoms with van der Waals surface area (Å²) in [5, 5.41) is 33.5. The van der Waals surface area contributed by atoms with E-state index in [0.717, 1.165) is 73.6 Å². The van der Waals surface area contributed by atoms with Crippen molar-refractivity contribution >= 4 is 78.8 Å². The lowest BCUT2D eigenvalue weighted by molar-refractivity contribution is -0.148. The van der Waals surface area contributed by atoms with Crippen LogP contribution >= 0.6 is 0 Å². The first-order chi connectivity index (χ1) is 62.5. The van der Waals surface area contributed by atoms with Crippen molar-refractivity contribution in [3.8, 4) is 22.8 Å². The van der Waals surface area contributed by atoms with Crippen LogP contribution in [0.4, 0.5) is 0 Å². The average Bonchev–Trinajstić information content (AvgIpc) is 1.56. The molecule has 2 aliphatic carbocycles. The van der Waals surface area contributed by atoms with Gasteiger partial charge in [-0.15, -0.1) is 0 Å². The maximum atomic E-state index is 14.4. The molecule has 0 unspecified atom stereocenters. The molecule has 28 nitrogen and oxygen atoms in total. The number of benzene rings is 4. The van der Waals surface area contributed by atoms with Gasteiger partial charge in [0.2, 0.25) is 45.5 Å². The zero-order valence-corrected chi connectivity index (χ0v) is 81.8. The highest BCUT2D eigenvalue weighted by Crippen LogP contribution is 2.44. The van der Waals surface area contributed by atoms with Gasteiger partial charge >= 0.3 is 0 Å². The van der Waals surface area contributed by atoms with Gasteiger partial charge < -0.3 is 59.5 Å². The Morgan fingerprint density at radius 1 is 0.614 bits per heavy atom. The van der Waals surface area contributed by atoms with Gasteiger partial charge in [0.1, 0.15) is 23.3 Å². The molecule has 0 saturated carbocycles. The molecular formula is C103H138N12O16S. The van der Waals surface area contributed by atoms with E-state index in [1.807, 2.05) is 209 Å². The Bertz CT molecular complexity index is 5830. The summed E-state index contributed by atoms with van der Waals surface area (Å²) in [6.45, 7) is 30.9. The number of ether oxygens (including phenoxy) is 2. The van der Waals surface area contributed by atoms with Crippen molar-refractivity contribution in [3.05, 3.63) is 197 Å². The normalized spacial score (nSPS) is 18.5. The number of hydrogen-bond acceptors (Lipinski definition) is 19. The molecule has 29 heteroatoms. The predicted molar refractivity (Wildman–Crippen MR) is 513 cm³/mol. The molecule has 1 saturated heterocycles. The molecule has 6 amide bonds. The highest BCUT2D eigenvalue weighted by molar-refractivity contribution is 7.88. The third-order valence-corrected chi connectivity index (χ3v) is 29.3. The number of sulfonamides is 1. The van der Waals surface area contributed by atoms with Gasteiger partial charge in [-0.05, 0) is 164 Å². The molecule has 7 heterocycles. The molecule has 3 aliphatic heterocycles. The summed E-state index contributed by atoms with van der Waals surface area (Å²) in [6, 6.07) is 33.7. The lowest BCUT2D eigenvalue weighted by atomic mass is 9.77. The number of methoxy groups -OCH3 is 2. The van der Waals surface area contributed by atoms with Crippen molar-refractivity contribution in [2.75, 3.05) is 61.3 Å². The number of pyridine rings is 4. The average molecular weight is 1830 g/mol. The Kier molecular flexibility index (Phi) is 33.4. The van der Waals surface area contributed by atoms with Crippen LogP contribution in [0.15, 0.2) is 125 Å². The minimum atomic E-state index is -3.39. The van der Waals surface area contributed by atoms with E-state index in [1.54, 1.807) is 74.0 Å². The number of nitrogens with zero attached hydrogens (tertiary/aromatic N) is 9. The van der Waals surface area contributed by atoms with Crippen LogP contribution < -0.4 is 27.1 Å². The van der Waals surface area contributed by atoms with Crippen molar-refractivity contribution in [2.45, 2.75) is 273 Å². The summed E-state index contributed by atoms with van der Waals surface area (Å²) >= 11 is 0. The number of nitrogens with one attached hydrogen (secondary N) is 3. The number of para-hydroxylation sites is 2. The van der Waals surface area contributed by atoms with Gasteiger partial charge in [0.05, 0.1) is 95.8 Å². The summed E-state index contributed by atoms with van der Waals surface area (Å²) in [6.07, 6.45) is 4.82. The van der Waals surface area contributed by atoms with Gasteiger partial charge in [0.25, 0.3) is 11.1 Å². The zero-order valence-electron chi connectivity index (χ0n) is 81.0. The number of Topliss-reactive ketones (excluding diaryl/α,β-unsaturated/α-hetero) is 2. The van der Waals surface area contributed by atoms with Gasteiger partial charge in [-0.2, -0.15) is 4.31 Å². The van der Waals surface area contributed by atoms with Crippen LogP contribution in [0.1, 0.15) is 209 Å². The van der Waals surface area contributed by atoms with Crippen LogP contribution in [0.2, 0.25) is 0 Å². The van der Waals surface area contributed by atoms with E-state index in [4.69, 9.17) is 19.4 Å². The van der Waals surface area contributed by atoms with Gasteiger partial charge in [0, 0.05) is 130 Å². The molecule has 5 aliphatic rings. The van der Waals surface area contributed by atoms with Crippen LogP contribution in [0.25, 0.3) is 44.6 Å². The summed E-state index contributed by atoms with van der Waals surface area (Å²) in [5.74, 6) is -2.60. The molecule has 5 N–H and O–H groups in total. The van der Waals surface area contributed by atoms with Crippen molar-refractivity contribution in [1.29, 1.82) is 0 Å². The largest absolute Gasteiger partial charge is 0.379 e. The number of hydrogen-bond donors (Lipinski definition) is 5.